The number of nitrogens with zero attached hydrogens (tertiary/aromatic N) is 1. The van der Waals surface area contributed by atoms with Gasteiger partial charge in [0.15, 0.2) is 0 Å². The number of amides is 1. The zero-order valence-electron chi connectivity index (χ0n) is 9.89. The van der Waals surface area contributed by atoms with Gasteiger partial charge in [0.25, 0.3) is 0 Å². The summed E-state index contributed by atoms with van der Waals surface area (Å²) in [7, 11) is 0. The molecule has 0 aromatic carbocycles. The van der Waals surface area contributed by atoms with Gasteiger partial charge in [-0.25, -0.2) is 0 Å². The first kappa shape index (κ1) is 12.0. The van der Waals surface area contributed by atoms with Crippen LogP contribution in [0.4, 0.5) is 0 Å². The molecule has 1 fully saturated rings. The van der Waals surface area contributed by atoms with Crippen LogP contribution in [0.1, 0.15) is 24.8 Å². The standard InChI is InChI=1S/C13H18N2O2/c16-13(15-10-12-2-1-9-17-12)4-3-11-5-7-14-8-6-11/h5-8,12H,1-4,9-10H2,(H,15,16). The molecule has 1 aromatic heterocycles. The lowest BCUT2D eigenvalue weighted by molar-refractivity contribution is -0.121. The largest absolute Gasteiger partial charge is 0.376 e. The van der Waals surface area contributed by atoms with Crippen LogP contribution in [0.15, 0.2) is 24.5 Å². The highest BCUT2D eigenvalue weighted by Gasteiger charge is 2.15. The first-order valence-corrected chi connectivity index (χ1v) is 6.12. The Morgan fingerprint density at radius 2 is 2.29 bits per heavy atom. The van der Waals surface area contributed by atoms with Crippen LogP contribution in [0.5, 0.6) is 0 Å². The summed E-state index contributed by atoms with van der Waals surface area (Å²) in [4.78, 5) is 15.5. The van der Waals surface area contributed by atoms with E-state index in [4.69, 9.17) is 4.74 Å². The quantitative estimate of drug-likeness (QED) is 0.835. The van der Waals surface area contributed by atoms with Crippen LogP contribution in [0.25, 0.3) is 0 Å². The summed E-state index contributed by atoms with van der Waals surface area (Å²) in [6.45, 7) is 1.48. The second-order valence-electron chi connectivity index (χ2n) is 4.29. The van der Waals surface area contributed by atoms with E-state index in [0.717, 1.165) is 31.4 Å². The van der Waals surface area contributed by atoms with Crippen molar-refractivity contribution in [1.82, 2.24) is 10.3 Å². The average molecular weight is 234 g/mol. The molecule has 1 aromatic rings. The van der Waals surface area contributed by atoms with E-state index in [2.05, 4.69) is 10.3 Å². The third-order valence-corrected chi connectivity index (χ3v) is 2.94. The predicted octanol–water partition coefficient (Wildman–Crippen LogP) is 1.31. The summed E-state index contributed by atoms with van der Waals surface area (Å²) in [6, 6.07) is 3.88. The second-order valence-corrected chi connectivity index (χ2v) is 4.29. The van der Waals surface area contributed by atoms with Gasteiger partial charge in [0, 0.05) is 32.0 Å². The fourth-order valence-electron chi connectivity index (χ4n) is 1.93. The number of pyridine rings is 1. The van der Waals surface area contributed by atoms with Gasteiger partial charge in [-0.1, -0.05) is 0 Å². The molecule has 2 heterocycles. The molecule has 1 atom stereocenters. The fourth-order valence-corrected chi connectivity index (χ4v) is 1.93. The zero-order chi connectivity index (χ0) is 11.9. The molecule has 1 unspecified atom stereocenters. The summed E-state index contributed by atoms with van der Waals surface area (Å²) >= 11 is 0. The van der Waals surface area contributed by atoms with Gasteiger partial charge in [0.05, 0.1) is 6.10 Å². The molecular formula is C13H18N2O2. The number of hydrogen-bond donors (Lipinski definition) is 1. The van der Waals surface area contributed by atoms with Gasteiger partial charge < -0.3 is 10.1 Å². The molecule has 1 N–H and O–H groups in total. The minimum Gasteiger partial charge on any atom is -0.376 e. The van der Waals surface area contributed by atoms with Crippen molar-refractivity contribution in [2.24, 2.45) is 0 Å². The number of hydrogen-bond acceptors (Lipinski definition) is 3. The van der Waals surface area contributed by atoms with Crippen molar-refractivity contribution >= 4 is 5.91 Å². The summed E-state index contributed by atoms with van der Waals surface area (Å²) in [6.07, 6.45) is 7.18. The molecule has 2 rings (SSSR count). The normalized spacial score (nSPS) is 19.2. The Labute approximate surface area is 101 Å². The molecule has 4 heteroatoms. The Kier molecular flexibility index (Phi) is 4.50. The van der Waals surface area contributed by atoms with Crippen LogP contribution < -0.4 is 5.32 Å². The van der Waals surface area contributed by atoms with Crippen molar-refractivity contribution in [3.63, 3.8) is 0 Å². The Bertz CT molecular complexity index is 348. The van der Waals surface area contributed by atoms with E-state index < -0.39 is 0 Å². The highest BCUT2D eigenvalue weighted by molar-refractivity contribution is 5.76. The molecule has 1 aliphatic rings. The molecule has 0 saturated carbocycles. The van der Waals surface area contributed by atoms with Gasteiger partial charge in [-0.3, -0.25) is 9.78 Å². The fraction of sp³-hybridized carbons (Fsp3) is 0.538. The van der Waals surface area contributed by atoms with Crippen LogP contribution in [0, 0.1) is 0 Å². The minimum absolute atomic E-state index is 0.0947. The van der Waals surface area contributed by atoms with Crippen molar-refractivity contribution < 1.29 is 9.53 Å². The molecule has 0 aliphatic carbocycles. The lowest BCUT2D eigenvalue weighted by Crippen LogP contribution is -2.31. The maximum atomic E-state index is 11.6. The summed E-state index contributed by atoms with van der Waals surface area (Å²) < 4.78 is 5.44. The van der Waals surface area contributed by atoms with E-state index in [9.17, 15) is 4.79 Å². The van der Waals surface area contributed by atoms with E-state index in [0.29, 0.717) is 13.0 Å². The van der Waals surface area contributed by atoms with Gasteiger partial charge in [-0.2, -0.15) is 0 Å². The first-order valence-electron chi connectivity index (χ1n) is 6.12. The van der Waals surface area contributed by atoms with Gasteiger partial charge >= 0.3 is 0 Å². The Hall–Kier alpha value is -1.42. The summed E-state index contributed by atoms with van der Waals surface area (Å²) in [5.41, 5.74) is 1.15. The first-order chi connectivity index (χ1) is 8.34. The third kappa shape index (κ3) is 4.15. The number of carbonyl (C=O) groups is 1. The van der Waals surface area contributed by atoms with Gasteiger partial charge in [-0.15, -0.1) is 0 Å². The van der Waals surface area contributed by atoms with E-state index in [-0.39, 0.29) is 12.0 Å². The molecule has 17 heavy (non-hydrogen) atoms. The number of carbonyl (C=O) groups excluding carboxylic acids is 1. The van der Waals surface area contributed by atoms with Crippen LogP contribution >= 0.6 is 0 Å². The number of nitrogens with one attached hydrogen (secondary N) is 1. The average Bonchev–Trinajstić information content (AvgIpc) is 2.88. The number of ether oxygens (including phenoxy) is 1. The second kappa shape index (κ2) is 6.35. The van der Waals surface area contributed by atoms with E-state index in [1.807, 2.05) is 12.1 Å². The van der Waals surface area contributed by atoms with Crippen molar-refractivity contribution in [3.8, 4) is 0 Å². The molecule has 0 spiro atoms. The smallest absolute Gasteiger partial charge is 0.220 e. The molecule has 92 valence electrons. The lowest BCUT2D eigenvalue weighted by Gasteiger charge is -2.10. The minimum atomic E-state index is 0.0947. The maximum absolute atomic E-state index is 11.6. The molecule has 1 amide bonds. The Morgan fingerprint density at radius 3 is 3.00 bits per heavy atom. The predicted molar refractivity (Wildman–Crippen MR) is 64.5 cm³/mol. The van der Waals surface area contributed by atoms with E-state index >= 15 is 0 Å². The van der Waals surface area contributed by atoms with Crippen molar-refractivity contribution in [1.29, 1.82) is 0 Å². The molecule has 1 saturated heterocycles. The third-order valence-electron chi connectivity index (χ3n) is 2.94. The Morgan fingerprint density at radius 1 is 1.47 bits per heavy atom. The molecule has 1 aliphatic heterocycles. The lowest BCUT2D eigenvalue weighted by atomic mass is 10.1. The van der Waals surface area contributed by atoms with E-state index in [1.165, 1.54) is 0 Å². The topological polar surface area (TPSA) is 51.2 Å². The van der Waals surface area contributed by atoms with Crippen molar-refractivity contribution in [3.05, 3.63) is 30.1 Å². The maximum Gasteiger partial charge on any atom is 0.220 e. The summed E-state index contributed by atoms with van der Waals surface area (Å²) in [5, 5.41) is 2.92. The number of aryl methyl sites for hydroxylation is 1. The Balaban J connectivity index is 1.64. The molecular weight excluding hydrogens is 216 g/mol. The van der Waals surface area contributed by atoms with Crippen LogP contribution in [0.2, 0.25) is 0 Å². The van der Waals surface area contributed by atoms with Crippen molar-refractivity contribution in [2.75, 3.05) is 13.2 Å². The highest BCUT2D eigenvalue weighted by atomic mass is 16.5. The number of rotatable bonds is 5. The van der Waals surface area contributed by atoms with Crippen molar-refractivity contribution in [2.45, 2.75) is 31.8 Å². The highest BCUT2D eigenvalue weighted by Crippen LogP contribution is 2.10. The van der Waals surface area contributed by atoms with Gasteiger partial charge in [0.2, 0.25) is 5.91 Å². The SMILES string of the molecule is O=C(CCc1ccncc1)NCC1CCCO1. The monoisotopic (exact) mass is 234 g/mol. The van der Waals surface area contributed by atoms with Crippen LogP contribution in [0.3, 0.4) is 0 Å². The van der Waals surface area contributed by atoms with Gasteiger partial charge in [0.1, 0.15) is 0 Å². The molecule has 0 radical (unpaired) electrons. The molecule has 4 nitrogen and oxygen atoms in total. The number of aromatic nitrogens is 1. The zero-order valence-corrected chi connectivity index (χ0v) is 9.89. The summed E-state index contributed by atoms with van der Waals surface area (Å²) in [5.74, 6) is 0.0947. The molecule has 0 bridgehead atoms. The van der Waals surface area contributed by atoms with Crippen LogP contribution in [-0.2, 0) is 16.0 Å². The van der Waals surface area contributed by atoms with Gasteiger partial charge in [-0.05, 0) is 37.0 Å². The van der Waals surface area contributed by atoms with Crippen LogP contribution in [-0.4, -0.2) is 30.1 Å². The van der Waals surface area contributed by atoms with E-state index in [1.54, 1.807) is 12.4 Å².